The van der Waals surface area contributed by atoms with Crippen LogP contribution in [0.2, 0.25) is 0 Å². The van der Waals surface area contributed by atoms with Crippen molar-refractivity contribution in [2.45, 2.75) is 50.7 Å². The Labute approximate surface area is 156 Å². The number of piperidine rings is 1. The van der Waals surface area contributed by atoms with Crippen LogP contribution in [0, 0.1) is 12.7 Å². The number of benzene rings is 1. The van der Waals surface area contributed by atoms with Gasteiger partial charge in [-0.15, -0.1) is 0 Å². The summed E-state index contributed by atoms with van der Waals surface area (Å²) in [6, 6.07) is 5.72. The van der Waals surface area contributed by atoms with Crippen molar-refractivity contribution < 1.29 is 14.0 Å². The van der Waals surface area contributed by atoms with Gasteiger partial charge in [-0.1, -0.05) is 0 Å². The first-order valence-electron chi connectivity index (χ1n) is 9.19. The van der Waals surface area contributed by atoms with E-state index in [1.54, 1.807) is 6.20 Å². The molecule has 140 valence electrons. The summed E-state index contributed by atoms with van der Waals surface area (Å²) >= 11 is 0. The number of fused-ring (bicyclic) bond motifs is 2. The van der Waals surface area contributed by atoms with Crippen molar-refractivity contribution in [3.63, 3.8) is 0 Å². The highest BCUT2D eigenvalue weighted by molar-refractivity contribution is 5.94. The van der Waals surface area contributed by atoms with Gasteiger partial charge in [0.25, 0.3) is 11.8 Å². The van der Waals surface area contributed by atoms with Crippen molar-refractivity contribution in [3.05, 3.63) is 59.4 Å². The quantitative estimate of drug-likeness (QED) is 0.903. The first-order chi connectivity index (χ1) is 13.0. The molecule has 2 aromatic rings. The van der Waals surface area contributed by atoms with E-state index < -0.39 is 0 Å². The zero-order valence-electron chi connectivity index (χ0n) is 15.1. The lowest BCUT2D eigenvalue weighted by atomic mass is 9.96. The molecule has 1 aromatic carbocycles. The molecule has 0 spiro atoms. The highest BCUT2D eigenvalue weighted by atomic mass is 19.1. The summed E-state index contributed by atoms with van der Waals surface area (Å²) in [4.78, 5) is 35.5. The number of amides is 2. The second-order valence-electron chi connectivity index (χ2n) is 7.29. The Bertz CT molecular complexity index is 839. The van der Waals surface area contributed by atoms with Gasteiger partial charge in [0.1, 0.15) is 11.5 Å². The molecule has 1 N–H and O–H groups in total. The molecule has 2 bridgehead atoms. The molecule has 0 radical (unpaired) electrons. The van der Waals surface area contributed by atoms with Gasteiger partial charge in [0.2, 0.25) is 0 Å². The van der Waals surface area contributed by atoms with E-state index in [-0.39, 0.29) is 35.8 Å². The highest BCUT2D eigenvalue weighted by Crippen LogP contribution is 2.36. The standard InChI is InChI=1S/C20H21FN4O2/c1-12-10-23-18(11-22-12)20(27)25-16-6-7-17(25)9-15(8-16)24-19(26)13-2-4-14(21)5-3-13/h2-5,10-11,15-17H,6-9H2,1H3,(H,24,26). The maximum absolute atomic E-state index is 13.0. The summed E-state index contributed by atoms with van der Waals surface area (Å²) in [5.41, 5.74) is 1.58. The number of nitrogens with zero attached hydrogens (tertiary/aromatic N) is 3. The summed E-state index contributed by atoms with van der Waals surface area (Å²) < 4.78 is 13.0. The van der Waals surface area contributed by atoms with Gasteiger partial charge in [-0.2, -0.15) is 0 Å². The normalized spacial score (nSPS) is 23.9. The number of hydrogen-bond donors (Lipinski definition) is 1. The van der Waals surface area contributed by atoms with E-state index in [4.69, 9.17) is 0 Å². The minimum Gasteiger partial charge on any atom is -0.349 e. The van der Waals surface area contributed by atoms with Crippen LogP contribution >= 0.6 is 0 Å². The Kier molecular flexibility index (Phi) is 4.59. The minimum atomic E-state index is -0.365. The molecular weight excluding hydrogens is 347 g/mol. The average Bonchev–Trinajstić information content (AvgIpc) is 2.93. The van der Waals surface area contributed by atoms with Gasteiger partial charge >= 0.3 is 0 Å². The molecule has 2 unspecified atom stereocenters. The summed E-state index contributed by atoms with van der Waals surface area (Å²) in [5, 5.41) is 3.03. The van der Waals surface area contributed by atoms with E-state index in [1.165, 1.54) is 30.5 Å². The Morgan fingerprint density at radius 3 is 2.33 bits per heavy atom. The maximum Gasteiger partial charge on any atom is 0.274 e. The number of hydrogen-bond acceptors (Lipinski definition) is 4. The summed E-state index contributed by atoms with van der Waals surface area (Å²) in [7, 11) is 0. The van der Waals surface area contributed by atoms with Crippen molar-refractivity contribution in [2.24, 2.45) is 0 Å². The van der Waals surface area contributed by atoms with Gasteiger partial charge in [0, 0.05) is 29.9 Å². The first-order valence-corrected chi connectivity index (χ1v) is 9.19. The molecule has 2 amide bonds. The third-order valence-corrected chi connectivity index (χ3v) is 5.41. The Balaban J connectivity index is 1.42. The van der Waals surface area contributed by atoms with Crippen molar-refractivity contribution >= 4 is 11.8 Å². The van der Waals surface area contributed by atoms with Crippen LogP contribution in [0.4, 0.5) is 4.39 Å². The number of aromatic nitrogens is 2. The van der Waals surface area contributed by atoms with E-state index in [0.717, 1.165) is 18.5 Å². The number of carbonyl (C=O) groups excluding carboxylic acids is 2. The Hall–Kier alpha value is -2.83. The minimum absolute atomic E-state index is 0.00760. The molecule has 4 rings (SSSR count). The van der Waals surface area contributed by atoms with Crippen LogP contribution in [0.1, 0.15) is 52.2 Å². The molecule has 7 heteroatoms. The number of aryl methyl sites for hydroxylation is 1. The molecule has 1 aromatic heterocycles. The lowest BCUT2D eigenvalue weighted by Gasteiger charge is -2.39. The fraction of sp³-hybridized carbons (Fsp3) is 0.400. The smallest absolute Gasteiger partial charge is 0.274 e. The monoisotopic (exact) mass is 368 g/mol. The van der Waals surface area contributed by atoms with Crippen LogP contribution in [0.5, 0.6) is 0 Å². The van der Waals surface area contributed by atoms with Crippen LogP contribution in [0.3, 0.4) is 0 Å². The SMILES string of the molecule is Cc1cnc(C(=O)N2C3CCC2CC(NC(=O)c2ccc(F)cc2)C3)cn1. The van der Waals surface area contributed by atoms with Crippen molar-refractivity contribution in [2.75, 3.05) is 0 Å². The van der Waals surface area contributed by atoms with Gasteiger partial charge in [-0.05, 0) is 56.9 Å². The fourth-order valence-corrected chi connectivity index (χ4v) is 4.13. The van der Waals surface area contributed by atoms with Gasteiger partial charge in [0.05, 0.1) is 11.9 Å². The van der Waals surface area contributed by atoms with Gasteiger partial charge in [-0.25, -0.2) is 9.37 Å². The largest absolute Gasteiger partial charge is 0.349 e. The van der Waals surface area contributed by atoms with Gasteiger partial charge in [0.15, 0.2) is 0 Å². The molecule has 0 aliphatic carbocycles. The lowest BCUT2D eigenvalue weighted by molar-refractivity contribution is 0.0543. The van der Waals surface area contributed by atoms with Gasteiger partial charge < -0.3 is 10.2 Å². The summed E-state index contributed by atoms with van der Waals surface area (Å²) in [6.07, 6.45) is 6.42. The molecule has 2 aliphatic heterocycles. The van der Waals surface area contributed by atoms with Crippen LogP contribution in [0.25, 0.3) is 0 Å². The van der Waals surface area contributed by atoms with Crippen LogP contribution in [-0.4, -0.2) is 44.8 Å². The molecule has 6 nitrogen and oxygen atoms in total. The molecule has 0 saturated carbocycles. The zero-order chi connectivity index (χ0) is 19.0. The zero-order valence-corrected chi connectivity index (χ0v) is 15.1. The van der Waals surface area contributed by atoms with E-state index in [9.17, 15) is 14.0 Å². The molecule has 3 heterocycles. The average molecular weight is 368 g/mol. The number of rotatable bonds is 3. The topological polar surface area (TPSA) is 75.2 Å². The summed E-state index contributed by atoms with van der Waals surface area (Å²) in [6.45, 7) is 1.83. The van der Waals surface area contributed by atoms with Gasteiger partial charge in [-0.3, -0.25) is 14.6 Å². The highest BCUT2D eigenvalue weighted by Gasteiger charge is 2.44. The molecule has 2 fully saturated rings. The third-order valence-electron chi connectivity index (χ3n) is 5.41. The molecule has 2 saturated heterocycles. The molecule has 2 aliphatic rings. The van der Waals surface area contributed by atoms with E-state index in [0.29, 0.717) is 24.1 Å². The Morgan fingerprint density at radius 2 is 1.74 bits per heavy atom. The van der Waals surface area contributed by atoms with E-state index in [1.807, 2.05) is 11.8 Å². The number of halogens is 1. The van der Waals surface area contributed by atoms with Crippen LogP contribution < -0.4 is 5.32 Å². The predicted octanol–water partition coefficient (Wildman–Crippen LogP) is 2.49. The van der Waals surface area contributed by atoms with E-state index in [2.05, 4.69) is 15.3 Å². The van der Waals surface area contributed by atoms with Crippen molar-refractivity contribution in [1.82, 2.24) is 20.2 Å². The van der Waals surface area contributed by atoms with E-state index >= 15 is 0 Å². The van der Waals surface area contributed by atoms with Crippen molar-refractivity contribution in [3.8, 4) is 0 Å². The second kappa shape index (κ2) is 7.06. The lowest BCUT2D eigenvalue weighted by Crippen LogP contribution is -2.52. The molecule has 27 heavy (non-hydrogen) atoms. The Morgan fingerprint density at radius 1 is 1.07 bits per heavy atom. The van der Waals surface area contributed by atoms with Crippen molar-refractivity contribution in [1.29, 1.82) is 0 Å². The van der Waals surface area contributed by atoms with Crippen LogP contribution in [0.15, 0.2) is 36.7 Å². The number of nitrogens with one attached hydrogen (secondary N) is 1. The second-order valence-corrected chi connectivity index (χ2v) is 7.29. The predicted molar refractivity (Wildman–Crippen MR) is 96.6 cm³/mol. The third kappa shape index (κ3) is 3.54. The fourth-order valence-electron chi connectivity index (χ4n) is 4.13. The molecule has 2 atom stereocenters. The molecular formula is C20H21FN4O2. The first kappa shape index (κ1) is 17.6. The summed E-state index contributed by atoms with van der Waals surface area (Å²) in [5.74, 6) is -0.655. The van der Waals surface area contributed by atoms with Crippen LogP contribution in [-0.2, 0) is 0 Å². The maximum atomic E-state index is 13.0. The number of carbonyl (C=O) groups is 2.